The molecule has 1 saturated carbocycles. The minimum atomic E-state index is -0.340. The van der Waals surface area contributed by atoms with Crippen molar-refractivity contribution in [3.05, 3.63) is 101 Å². The summed E-state index contributed by atoms with van der Waals surface area (Å²) in [7, 11) is 0. The summed E-state index contributed by atoms with van der Waals surface area (Å²) in [6.45, 7) is 2.33. The minimum absolute atomic E-state index is 0. The highest BCUT2D eigenvalue weighted by atomic mass is 16.2. The van der Waals surface area contributed by atoms with Gasteiger partial charge in [-0.1, -0.05) is 86.4 Å². The Morgan fingerprint density at radius 3 is 2.30 bits per heavy atom. The van der Waals surface area contributed by atoms with Gasteiger partial charge in [-0.25, -0.2) is 4.79 Å². The molecule has 4 aromatic rings. The van der Waals surface area contributed by atoms with Crippen LogP contribution in [0.5, 0.6) is 0 Å². The van der Waals surface area contributed by atoms with E-state index in [0.717, 1.165) is 16.8 Å². The fourth-order valence-electron chi connectivity index (χ4n) is 5.06. The summed E-state index contributed by atoms with van der Waals surface area (Å²) in [5, 5.41) is 19.0. The Bertz CT molecular complexity index is 1350. The third-order valence-electron chi connectivity index (χ3n) is 7.29. The molecule has 208 valence electrons. The van der Waals surface area contributed by atoms with E-state index in [1.54, 1.807) is 17.0 Å². The number of hydrogen-bond donors (Lipinski definition) is 3. The maximum absolute atomic E-state index is 13.6. The monoisotopic (exact) mass is 539 g/mol. The second kappa shape index (κ2) is 13.5. The van der Waals surface area contributed by atoms with Crippen LogP contribution in [-0.4, -0.2) is 32.6 Å². The van der Waals surface area contributed by atoms with E-state index in [-0.39, 0.29) is 31.4 Å². The minimum Gasteiger partial charge on any atom is -0.331 e. The van der Waals surface area contributed by atoms with Gasteiger partial charge >= 0.3 is 6.03 Å². The van der Waals surface area contributed by atoms with Crippen molar-refractivity contribution in [2.75, 3.05) is 10.2 Å². The van der Waals surface area contributed by atoms with Gasteiger partial charge in [-0.15, -0.1) is 5.10 Å². The van der Waals surface area contributed by atoms with Gasteiger partial charge in [-0.2, -0.15) is 5.21 Å². The zero-order valence-electron chi connectivity index (χ0n) is 22.0. The quantitative estimate of drug-likeness (QED) is 0.233. The normalized spacial score (nSPS) is 14.0. The number of tetrazole rings is 1. The Labute approximate surface area is 235 Å². The number of aromatic amines is 1. The Morgan fingerprint density at radius 1 is 0.950 bits per heavy atom. The summed E-state index contributed by atoms with van der Waals surface area (Å²) in [6.07, 6.45) is 6.33. The molecule has 9 nitrogen and oxygen atoms in total. The van der Waals surface area contributed by atoms with Gasteiger partial charge in [0.15, 0.2) is 0 Å². The number of hydrogen-bond acceptors (Lipinski definition) is 5. The standard InChI is InChI=1S/C30H33N7O2.CH4/c1-21(23-8-4-2-5-9-23)31-30(39)37(27-18-16-25(17-19-27)24-10-6-3-7-11-24)20-22-12-14-26(15-13-22)28(38)32-29-33-35-36-34-29;/h2,4-5,8-9,12-19,21,24H,3,6-7,10-11,20H2,1H3,(H,31,39)(H2,32,33,34,35,36,38);1H4. The number of H-pyrrole nitrogens is 1. The van der Waals surface area contributed by atoms with Crippen LogP contribution in [0.2, 0.25) is 0 Å². The van der Waals surface area contributed by atoms with E-state index in [0.29, 0.717) is 18.0 Å². The molecule has 1 aliphatic carbocycles. The molecule has 3 N–H and O–H groups in total. The van der Waals surface area contributed by atoms with Gasteiger partial charge in [-0.3, -0.25) is 15.0 Å². The molecule has 1 aromatic heterocycles. The van der Waals surface area contributed by atoms with E-state index in [4.69, 9.17) is 0 Å². The van der Waals surface area contributed by atoms with Crippen LogP contribution >= 0.6 is 0 Å². The van der Waals surface area contributed by atoms with Gasteiger partial charge in [0.25, 0.3) is 11.9 Å². The molecule has 1 atom stereocenters. The summed E-state index contributed by atoms with van der Waals surface area (Å²) < 4.78 is 0. The molecule has 1 aliphatic rings. The summed E-state index contributed by atoms with van der Waals surface area (Å²) in [6, 6.07) is 25.1. The molecule has 0 bridgehead atoms. The number of rotatable bonds is 8. The highest BCUT2D eigenvalue weighted by molar-refractivity contribution is 6.03. The fraction of sp³-hybridized carbons (Fsp3) is 0.323. The topological polar surface area (TPSA) is 116 Å². The second-order valence-corrected chi connectivity index (χ2v) is 9.98. The maximum Gasteiger partial charge on any atom is 0.322 e. The van der Waals surface area contributed by atoms with E-state index in [1.165, 1.54) is 37.7 Å². The molecule has 1 fully saturated rings. The molecular formula is C31H37N7O2. The lowest BCUT2D eigenvalue weighted by atomic mass is 9.84. The van der Waals surface area contributed by atoms with Crippen molar-refractivity contribution in [3.63, 3.8) is 0 Å². The van der Waals surface area contributed by atoms with E-state index in [2.05, 4.69) is 43.4 Å². The van der Waals surface area contributed by atoms with Crippen molar-refractivity contribution in [1.82, 2.24) is 25.9 Å². The van der Waals surface area contributed by atoms with Crippen molar-refractivity contribution in [1.29, 1.82) is 0 Å². The van der Waals surface area contributed by atoms with Crippen molar-refractivity contribution in [3.8, 4) is 0 Å². The number of benzene rings is 3. The first kappa shape index (κ1) is 28.5. The largest absolute Gasteiger partial charge is 0.331 e. The van der Waals surface area contributed by atoms with Crippen LogP contribution in [0.3, 0.4) is 0 Å². The Balaban J connectivity index is 0.00000370. The second-order valence-electron chi connectivity index (χ2n) is 9.98. The van der Waals surface area contributed by atoms with Crippen molar-refractivity contribution >= 4 is 23.6 Å². The van der Waals surface area contributed by atoms with Crippen molar-refractivity contribution < 1.29 is 9.59 Å². The van der Waals surface area contributed by atoms with Gasteiger partial charge in [0.2, 0.25) is 0 Å². The zero-order valence-corrected chi connectivity index (χ0v) is 22.0. The predicted molar refractivity (Wildman–Crippen MR) is 157 cm³/mol. The van der Waals surface area contributed by atoms with Crippen LogP contribution in [0.1, 0.15) is 85.5 Å². The van der Waals surface area contributed by atoms with Crippen LogP contribution in [0.25, 0.3) is 0 Å². The molecule has 3 aromatic carbocycles. The summed E-state index contributed by atoms with van der Waals surface area (Å²) >= 11 is 0. The highest BCUT2D eigenvalue weighted by Gasteiger charge is 2.21. The molecule has 0 saturated heterocycles. The summed E-state index contributed by atoms with van der Waals surface area (Å²) in [5.74, 6) is 0.364. The SMILES string of the molecule is C.CC(NC(=O)N(Cc1ccc(C(=O)Nc2nn[nH]n2)cc1)c1ccc(C2CCCCC2)cc1)c1ccccc1. The number of aromatic nitrogens is 4. The first-order valence-corrected chi connectivity index (χ1v) is 13.4. The zero-order chi connectivity index (χ0) is 27.0. The van der Waals surface area contributed by atoms with E-state index < -0.39 is 0 Å². The van der Waals surface area contributed by atoms with Crippen LogP contribution in [0.15, 0.2) is 78.9 Å². The fourth-order valence-corrected chi connectivity index (χ4v) is 5.06. The number of anilines is 2. The Kier molecular flexibility index (Phi) is 9.62. The number of carbonyl (C=O) groups excluding carboxylic acids is 2. The van der Waals surface area contributed by atoms with Gasteiger partial charge in [0.05, 0.1) is 12.6 Å². The Hall–Kier alpha value is -4.53. The lowest BCUT2D eigenvalue weighted by molar-refractivity contribution is 0.102. The lowest BCUT2D eigenvalue weighted by Crippen LogP contribution is -2.40. The third kappa shape index (κ3) is 7.11. The summed E-state index contributed by atoms with van der Waals surface area (Å²) in [4.78, 5) is 27.8. The van der Waals surface area contributed by atoms with Gasteiger partial charge < -0.3 is 5.32 Å². The molecule has 0 spiro atoms. The molecule has 3 amide bonds. The van der Waals surface area contributed by atoms with Crippen LogP contribution in [0, 0.1) is 0 Å². The number of amides is 3. The van der Waals surface area contributed by atoms with Crippen LogP contribution in [0.4, 0.5) is 16.4 Å². The third-order valence-corrected chi connectivity index (χ3v) is 7.29. The average molecular weight is 540 g/mol. The van der Waals surface area contributed by atoms with E-state index in [1.807, 2.05) is 61.5 Å². The molecule has 9 heteroatoms. The molecule has 1 unspecified atom stereocenters. The average Bonchev–Trinajstić information content (AvgIpc) is 3.50. The molecule has 40 heavy (non-hydrogen) atoms. The molecule has 0 aliphatic heterocycles. The van der Waals surface area contributed by atoms with Crippen molar-refractivity contribution in [2.24, 2.45) is 0 Å². The van der Waals surface area contributed by atoms with Crippen molar-refractivity contribution in [2.45, 2.75) is 65.0 Å². The predicted octanol–water partition coefficient (Wildman–Crippen LogP) is 6.61. The van der Waals surface area contributed by atoms with E-state index >= 15 is 0 Å². The molecule has 1 heterocycles. The van der Waals surface area contributed by atoms with Crippen LogP contribution < -0.4 is 15.5 Å². The molecule has 5 rings (SSSR count). The number of urea groups is 1. The molecular weight excluding hydrogens is 502 g/mol. The smallest absolute Gasteiger partial charge is 0.322 e. The number of nitrogens with zero attached hydrogens (tertiary/aromatic N) is 4. The Morgan fingerprint density at radius 2 is 1.65 bits per heavy atom. The van der Waals surface area contributed by atoms with Gasteiger partial charge in [-0.05, 0) is 71.9 Å². The van der Waals surface area contributed by atoms with E-state index in [9.17, 15) is 9.59 Å². The summed E-state index contributed by atoms with van der Waals surface area (Å²) in [5.41, 5.74) is 4.55. The lowest BCUT2D eigenvalue weighted by Gasteiger charge is -2.27. The first-order valence-electron chi connectivity index (χ1n) is 13.4. The molecule has 0 radical (unpaired) electrons. The van der Waals surface area contributed by atoms with Gasteiger partial charge in [0, 0.05) is 11.3 Å². The highest BCUT2D eigenvalue weighted by Crippen LogP contribution is 2.33. The van der Waals surface area contributed by atoms with Crippen LogP contribution in [-0.2, 0) is 6.54 Å². The number of nitrogens with one attached hydrogen (secondary N) is 3. The number of carbonyl (C=O) groups is 2. The first-order chi connectivity index (χ1) is 19.1. The maximum atomic E-state index is 13.6. The van der Waals surface area contributed by atoms with Gasteiger partial charge in [0.1, 0.15) is 0 Å².